The molecule has 1 atom stereocenters. The second kappa shape index (κ2) is 7.04. The number of nitrogens with zero attached hydrogens (tertiary/aromatic N) is 2. The third kappa shape index (κ3) is 3.49. The van der Waals surface area contributed by atoms with Crippen LogP contribution in [-0.2, 0) is 13.0 Å². The molecule has 1 aromatic heterocycles. The van der Waals surface area contributed by atoms with Crippen LogP contribution in [-0.4, -0.2) is 16.1 Å². The summed E-state index contributed by atoms with van der Waals surface area (Å²) in [5, 5.41) is 3.56. The van der Waals surface area contributed by atoms with Crippen molar-refractivity contribution in [1.29, 1.82) is 0 Å². The minimum Gasteiger partial charge on any atom is -0.335 e. The van der Waals surface area contributed by atoms with E-state index in [9.17, 15) is 0 Å². The van der Waals surface area contributed by atoms with Crippen LogP contribution in [0.1, 0.15) is 36.8 Å². The molecule has 20 heavy (non-hydrogen) atoms. The molecule has 4 heteroatoms. The van der Waals surface area contributed by atoms with Crippen molar-refractivity contribution in [2.75, 3.05) is 6.54 Å². The normalized spacial score (nSPS) is 12.6. The van der Waals surface area contributed by atoms with E-state index in [1.165, 1.54) is 11.1 Å². The van der Waals surface area contributed by atoms with Crippen molar-refractivity contribution in [2.45, 2.75) is 39.8 Å². The minimum absolute atomic E-state index is 0.296. The highest BCUT2D eigenvalue weighted by atomic mass is 79.9. The van der Waals surface area contributed by atoms with Crippen molar-refractivity contribution in [3.63, 3.8) is 0 Å². The first-order chi connectivity index (χ1) is 9.65. The second-order valence-electron chi connectivity index (χ2n) is 4.95. The van der Waals surface area contributed by atoms with Crippen LogP contribution in [0.4, 0.5) is 0 Å². The van der Waals surface area contributed by atoms with Gasteiger partial charge in [-0.2, -0.15) is 0 Å². The van der Waals surface area contributed by atoms with Gasteiger partial charge in [-0.15, -0.1) is 0 Å². The highest BCUT2D eigenvalue weighted by Crippen LogP contribution is 2.24. The summed E-state index contributed by atoms with van der Waals surface area (Å²) in [4.78, 5) is 4.49. The molecule has 1 unspecified atom stereocenters. The largest absolute Gasteiger partial charge is 0.335 e. The molecule has 0 aliphatic rings. The van der Waals surface area contributed by atoms with E-state index in [0.717, 1.165) is 29.8 Å². The van der Waals surface area contributed by atoms with Crippen molar-refractivity contribution in [3.8, 4) is 0 Å². The van der Waals surface area contributed by atoms with Crippen LogP contribution in [0.25, 0.3) is 0 Å². The van der Waals surface area contributed by atoms with Crippen LogP contribution in [0, 0.1) is 6.92 Å². The highest BCUT2D eigenvalue weighted by molar-refractivity contribution is 9.10. The molecule has 0 radical (unpaired) electrons. The summed E-state index contributed by atoms with van der Waals surface area (Å²) in [6.45, 7) is 8.31. The van der Waals surface area contributed by atoms with Gasteiger partial charge >= 0.3 is 0 Å². The summed E-state index contributed by atoms with van der Waals surface area (Å²) in [7, 11) is 0. The zero-order valence-corrected chi connectivity index (χ0v) is 13.9. The van der Waals surface area contributed by atoms with Gasteiger partial charge in [0.15, 0.2) is 0 Å². The first-order valence-electron chi connectivity index (χ1n) is 7.15. The van der Waals surface area contributed by atoms with E-state index in [-0.39, 0.29) is 0 Å². The molecular weight excluding hydrogens is 314 g/mol. The quantitative estimate of drug-likeness (QED) is 0.868. The summed E-state index contributed by atoms with van der Waals surface area (Å²) in [5.74, 6) is 1.13. The third-order valence-corrected chi connectivity index (χ3v) is 4.43. The number of halogens is 1. The Morgan fingerprint density at radius 2 is 2.15 bits per heavy atom. The molecule has 108 valence electrons. The van der Waals surface area contributed by atoms with Crippen molar-refractivity contribution in [3.05, 3.63) is 52.0 Å². The van der Waals surface area contributed by atoms with Crippen LogP contribution in [0.2, 0.25) is 0 Å². The molecule has 0 aliphatic carbocycles. The van der Waals surface area contributed by atoms with E-state index >= 15 is 0 Å². The summed E-state index contributed by atoms with van der Waals surface area (Å²) in [6, 6.07) is 6.87. The number of aryl methyl sites for hydroxylation is 2. The number of nitrogens with one attached hydrogen (secondary N) is 1. The van der Waals surface area contributed by atoms with Crippen molar-refractivity contribution in [1.82, 2.24) is 14.9 Å². The first kappa shape index (κ1) is 15.3. The topological polar surface area (TPSA) is 29.9 Å². The number of benzene rings is 1. The fourth-order valence-corrected chi connectivity index (χ4v) is 2.78. The molecule has 0 fully saturated rings. The molecule has 0 saturated carbocycles. The zero-order chi connectivity index (χ0) is 14.5. The van der Waals surface area contributed by atoms with Gasteiger partial charge in [-0.05, 0) is 37.6 Å². The van der Waals surface area contributed by atoms with E-state index in [1.54, 1.807) is 0 Å². The SMILES string of the molecule is CCNC(Cc1nccn1CC)c1ccc(C)c(Br)c1. The van der Waals surface area contributed by atoms with Crippen LogP contribution in [0.3, 0.4) is 0 Å². The maximum atomic E-state index is 4.49. The van der Waals surface area contributed by atoms with E-state index in [2.05, 4.69) is 69.8 Å². The van der Waals surface area contributed by atoms with Gasteiger partial charge in [-0.25, -0.2) is 4.98 Å². The van der Waals surface area contributed by atoms with Gasteiger partial charge in [0, 0.05) is 35.9 Å². The predicted octanol–water partition coefficient (Wildman–Crippen LogP) is 3.87. The summed E-state index contributed by atoms with van der Waals surface area (Å²) < 4.78 is 3.37. The van der Waals surface area contributed by atoms with Gasteiger partial charge in [-0.3, -0.25) is 0 Å². The third-order valence-electron chi connectivity index (χ3n) is 3.58. The fourth-order valence-electron chi connectivity index (χ4n) is 2.38. The van der Waals surface area contributed by atoms with Crippen LogP contribution in [0.15, 0.2) is 35.1 Å². The van der Waals surface area contributed by atoms with E-state index in [1.807, 2.05) is 12.4 Å². The fraction of sp³-hybridized carbons (Fsp3) is 0.438. The molecule has 0 saturated heterocycles. The van der Waals surface area contributed by atoms with Gasteiger partial charge in [0.05, 0.1) is 0 Å². The first-order valence-corrected chi connectivity index (χ1v) is 7.94. The average Bonchev–Trinajstić information content (AvgIpc) is 2.88. The lowest BCUT2D eigenvalue weighted by atomic mass is 10.0. The molecule has 0 spiro atoms. The Hall–Kier alpha value is -1.13. The predicted molar refractivity (Wildman–Crippen MR) is 86.9 cm³/mol. The van der Waals surface area contributed by atoms with E-state index in [0.29, 0.717) is 6.04 Å². The number of likely N-dealkylation sites (N-methyl/N-ethyl adjacent to an activating group) is 1. The zero-order valence-electron chi connectivity index (χ0n) is 12.4. The van der Waals surface area contributed by atoms with Crippen molar-refractivity contribution < 1.29 is 0 Å². The Morgan fingerprint density at radius 3 is 2.80 bits per heavy atom. The lowest BCUT2D eigenvalue weighted by Gasteiger charge is -2.19. The standard InChI is InChI=1S/C16H22BrN3/c1-4-18-15(11-16-19-8-9-20(16)5-2)13-7-6-12(3)14(17)10-13/h6-10,15,18H,4-5,11H2,1-3H3. The smallest absolute Gasteiger partial charge is 0.110 e. The Bertz CT molecular complexity index is 563. The highest BCUT2D eigenvalue weighted by Gasteiger charge is 2.15. The Balaban J connectivity index is 2.24. The molecule has 2 rings (SSSR count). The molecule has 1 aromatic carbocycles. The maximum Gasteiger partial charge on any atom is 0.110 e. The average molecular weight is 336 g/mol. The number of imidazole rings is 1. The van der Waals surface area contributed by atoms with Crippen molar-refractivity contribution >= 4 is 15.9 Å². The molecule has 1 heterocycles. The maximum absolute atomic E-state index is 4.49. The molecule has 0 amide bonds. The number of rotatable bonds is 6. The van der Waals surface area contributed by atoms with Gasteiger partial charge < -0.3 is 9.88 Å². The number of aromatic nitrogens is 2. The lowest BCUT2D eigenvalue weighted by Crippen LogP contribution is -2.24. The molecule has 0 bridgehead atoms. The van der Waals surface area contributed by atoms with Crippen LogP contribution < -0.4 is 5.32 Å². The van der Waals surface area contributed by atoms with Crippen LogP contribution in [0.5, 0.6) is 0 Å². The monoisotopic (exact) mass is 335 g/mol. The molecule has 2 aromatic rings. The number of hydrogen-bond donors (Lipinski definition) is 1. The van der Waals surface area contributed by atoms with Crippen LogP contribution >= 0.6 is 15.9 Å². The number of hydrogen-bond acceptors (Lipinski definition) is 2. The summed E-state index contributed by atoms with van der Waals surface area (Å²) >= 11 is 3.62. The molecule has 3 nitrogen and oxygen atoms in total. The molecule has 1 N–H and O–H groups in total. The summed E-state index contributed by atoms with van der Waals surface area (Å²) in [6.07, 6.45) is 4.83. The van der Waals surface area contributed by atoms with Gasteiger partial charge in [0.2, 0.25) is 0 Å². The second-order valence-corrected chi connectivity index (χ2v) is 5.81. The van der Waals surface area contributed by atoms with Gasteiger partial charge in [0.25, 0.3) is 0 Å². The summed E-state index contributed by atoms with van der Waals surface area (Å²) in [5.41, 5.74) is 2.56. The van der Waals surface area contributed by atoms with Crippen molar-refractivity contribution in [2.24, 2.45) is 0 Å². The molecular formula is C16H22BrN3. The Labute approximate surface area is 129 Å². The minimum atomic E-state index is 0.296. The lowest BCUT2D eigenvalue weighted by molar-refractivity contribution is 0.522. The van der Waals surface area contributed by atoms with E-state index in [4.69, 9.17) is 0 Å². The van der Waals surface area contributed by atoms with E-state index < -0.39 is 0 Å². The molecule has 0 aliphatic heterocycles. The van der Waals surface area contributed by atoms with Gasteiger partial charge in [0.1, 0.15) is 5.82 Å². The Morgan fingerprint density at radius 1 is 1.35 bits per heavy atom. The Kier molecular flexibility index (Phi) is 5.38. The van der Waals surface area contributed by atoms with Gasteiger partial charge in [-0.1, -0.05) is 35.0 Å².